The van der Waals surface area contributed by atoms with E-state index in [1.54, 1.807) is 0 Å². The van der Waals surface area contributed by atoms with Crippen LogP contribution in [0.5, 0.6) is 0 Å². The van der Waals surface area contributed by atoms with Crippen LogP contribution < -0.4 is 11.1 Å². The molecule has 0 aromatic carbocycles. The molecule has 0 radical (unpaired) electrons. The van der Waals surface area contributed by atoms with Gasteiger partial charge in [0.25, 0.3) is 0 Å². The highest BCUT2D eigenvalue weighted by Crippen LogP contribution is 2.36. The minimum absolute atomic E-state index is 0.228. The lowest BCUT2D eigenvalue weighted by molar-refractivity contribution is 0.304. The van der Waals surface area contributed by atoms with Crippen molar-refractivity contribution in [3.63, 3.8) is 0 Å². The Bertz CT molecular complexity index is 377. The Morgan fingerprint density at radius 1 is 1.50 bits per heavy atom. The lowest BCUT2D eigenvalue weighted by Gasteiger charge is -2.40. The normalized spacial score (nSPS) is 18.2. The average Bonchev–Trinajstić information content (AvgIpc) is 2.44. The van der Waals surface area contributed by atoms with Crippen molar-refractivity contribution < 1.29 is 0 Å². The summed E-state index contributed by atoms with van der Waals surface area (Å²) in [6.07, 6.45) is 4.84. The largest absolute Gasteiger partial charge is 0.394 e. The molecule has 1 heterocycles. The predicted octanol–water partition coefficient (Wildman–Crippen LogP) is 2.54. The molecule has 4 heteroatoms. The maximum absolute atomic E-state index is 6.07. The second-order valence-electron chi connectivity index (χ2n) is 5.11. The Labute approximate surface area is 97.2 Å². The first-order valence-corrected chi connectivity index (χ1v) is 6.17. The fraction of sp³-hybridized carbons (Fsp3) is 0.750. The fourth-order valence-corrected chi connectivity index (χ4v) is 2.22. The monoisotopic (exact) mass is 222 g/mol. The summed E-state index contributed by atoms with van der Waals surface area (Å²) < 4.78 is 2.01. The van der Waals surface area contributed by atoms with Crippen molar-refractivity contribution >= 4 is 11.5 Å². The quantitative estimate of drug-likeness (QED) is 0.823. The zero-order valence-electron chi connectivity index (χ0n) is 10.5. The van der Waals surface area contributed by atoms with Crippen molar-refractivity contribution in [3.05, 3.63) is 5.69 Å². The van der Waals surface area contributed by atoms with Gasteiger partial charge in [0.05, 0.1) is 11.4 Å². The van der Waals surface area contributed by atoms with Gasteiger partial charge in [0.2, 0.25) is 0 Å². The molecule has 0 saturated heterocycles. The third-order valence-corrected chi connectivity index (χ3v) is 3.49. The van der Waals surface area contributed by atoms with Gasteiger partial charge in [-0.2, -0.15) is 5.10 Å². The molecule has 16 heavy (non-hydrogen) atoms. The Hall–Kier alpha value is -1.19. The van der Waals surface area contributed by atoms with Gasteiger partial charge in [0.1, 0.15) is 5.82 Å². The Morgan fingerprint density at radius 3 is 2.69 bits per heavy atom. The molecule has 1 aliphatic rings. The van der Waals surface area contributed by atoms with Crippen LogP contribution in [0.3, 0.4) is 0 Å². The number of rotatable bonds is 4. The molecule has 3 N–H and O–H groups in total. The van der Waals surface area contributed by atoms with Gasteiger partial charge in [-0.1, -0.05) is 6.92 Å². The molecule has 0 amide bonds. The van der Waals surface area contributed by atoms with Gasteiger partial charge < -0.3 is 11.1 Å². The molecule has 2 rings (SSSR count). The van der Waals surface area contributed by atoms with Crippen molar-refractivity contribution in [2.75, 3.05) is 11.1 Å². The van der Waals surface area contributed by atoms with Crippen LogP contribution in [0.4, 0.5) is 11.5 Å². The highest BCUT2D eigenvalue weighted by Gasteiger charge is 2.33. The Balaban J connectivity index is 2.23. The maximum Gasteiger partial charge on any atom is 0.148 e. The van der Waals surface area contributed by atoms with E-state index >= 15 is 0 Å². The molecule has 1 fully saturated rings. The summed E-state index contributed by atoms with van der Waals surface area (Å²) in [6, 6.07) is 0. The number of nitrogens with one attached hydrogen (secondary N) is 1. The van der Waals surface area contributed by atoms with Crippen LogP contribution in [0.15, 0.2) is 0 Å². The first-order chi connectivity index (χ1) is 7.56. The highest BCUT2D eigenvalue weighted by molar-refractivity contribution is 5.65. The molecule has 0 spiro atoms. The van der Waals surface area contributed by atoms with Gasteiger partial charge in [0.15, 0.2) is 0 Å². The van der Waals surface area contributed by atoms with Gasteiger partial charge in [0, 0.05) is 12.1 Å². The number of hydrogen-bond acceptors (Lipinski definition) is 3. The summed E-state index contributed by atoms with van der Waals surface area (Å²) in [5, 5.41) is 8.04. The lowest BCUT2D eigenvalue weighted by atomic mass is 9.78. The van der Waals surface area contributed by atoms with Crippen LogP contribution in [-0.4, -0.2) is 15.3 Å². The number of nitrogens with zero attached hydrogens (tertiary/aromatic N) is 2. The molecule has 90 valence electrons. The third-order valence-electron chi connectivity index (χ3n) is 3.49. The molecule has 1 saturated carbocycles. The number of aryl methyl sites for hydroxylation is 2. The lowest BCUT2D eigenvalue weighted by Crippen LogP contribution is -2.42. The summed E-state index contributed by atoms with van der Waals surface area (Å²) in [6.45, 7) is 7.31. The molecule has 1 aromatic rings. The first kappa shape index (κ1) is 11.3. The van der Waals surface area contributed by atoms with Gasteiger partial charge in [-0.3, -0.25) is 0 Å². The summed E-state index contributed by atoms with van der Waals surface area (Å²) in [5.74, 6) is 1.02. The summed E-state index contributed by atoms with van der Waals surface area (Å²) in [4.78, 5) is 0. The topological polar surface area (TPSA) is 55.9 Å². The smallest absolute Gasteiger partial charge is 0.148 e. The van der Waals surface area contributed by atoms with Crippen LogP contribution in [0.2, 0.25) is 0 Å². The summed E-state index contributed by atoms with van der Waals surface area (Å²) >= 11 is 0. The van der Waals surface area contributed by atoms with E-state index < -0.39 is 0 Å². The van der Waals surface area contributed by atoms with E-state index in [0.29, 0.717) is 0 Å². The van der Waals surface area contributed by atoms with Crippen molar-refractivity contribution in [2.24, 2.45) is 0 Å². The summed E-state index contributed by atoms with van der Waals surface area (Å²) in [7, 11) is 0. The fourth-order valence-electron chi connectivity index (χ4n) is 2.22. The van der Waals surface area contributed by atoms with Gasteiger partial charge in [-0.25, -0.2) is 4.68 Å². The minimum Gasteiger partial charge on any atom is -0.394 e. The van der Waals surface area contributed by atoms with Crippen LogP contribution in [0, 0.1) is 6.92 Å². The van der Waals surface area contributed by atoms with Gasteiger partial charge in [-0.15, -0.1) is 0 Å². The van der Waals surface area contributed by atoms with Crippen LogP contribution in [-0.2, 0) is 6.54 Å². The number of nitrogens with two attached hydrogens (primary N) is 1. The Kier molecular flexibility index (Phi) is 2.82. The van der Waals surface area contributed by atoms with E-state index in [1.165, 1.54) is 19.3 Å². The molecule has 1 aliphatic carbocycles. The second kappa shape index (κ2) is 4.00. The Morgan fingerprint density at radius 2 is 2.19 bits per heavy atom. The SMILES string of the molecule is CCCn1nc(C)c(N)c1NC1(C)CCC1. The molecular formula is C12H22N4. The average molecular weight is 222 g/mol. The molecular weight excluding hydrogens is 200 g/mol. The van der Waals surface area contributed by atoms with Crippen LogP contribution >= 0.6 is 0 Å². The molecule has 4 nitrogen and oxygen atoms in total. The molecule has 1 aromatic heterocycles. The zero-order chi connectivity index (χ0) is 11.8. The van der Waals surface area contributed by atoms with E-state index in [-0.39, 0.29) is 5.54 Å². The van der Waals surface area contributed by atoms with Crippen LogP contribution in [0.25, 0.3) is 0 Å². The molecule has 0 atom stereocenters. The summed E-state index contributed by atoms with van der Waals surface area (Å²) in [5.41, 5.74) is 8.04. The van der Waals surface area contributed by atoms with Crippen LogP contribution in [0.1, 0.15) is 45.2 Å². The van der Waals surface area contributed by atoms with E-state index in [1.807, 2.05) is 11.6 Å². The number of aromatic nitrogens is 2. The van der Waals surface area contributed by atoms with Crippen molar-refractivity contribution in [1.29, 1.82) is 0 Å². The van der Waals surface area contributed by atoms with E-state index in [4.69, 9.17) is 5.73 Å². The number of hydrogen-bond donors (Lipinski definition) is 2. The van der Waals surface area contributed by atoms with Gasteiger partial charge >= 0.3 is 0 Å². The second-order valence-corrected chi connectivity index (χ2v) is 5.11. The van der Waals surface area contributed by atoms with E-state index in [9.17, 15) is 0 Å². The van der Waals surface area contributed by atoms with E-state index in [0.717, 1.165) is 30.2 Å². The minimum atomic E-state index is 0.228. The predicted molar refractivity (Wildman–Crippen MR) is 67.5 cm³/mol. The number of anilines is 2. The van der Waals surface area contributed by atoms with E-state index in [2.05, 4.69) is 24.3 Å². The standard InChI is InChI=1S/C12H22N4/c1-4-8-16-11(10(13)9(2)15-16)14-12(3)6-5-7-12/h14H,4-8,13H2,1-3H3. The third kappa shape index (κ3) is 1.88. The maximum atomic E-state index is 6.07. The number of nitrogen functional groups attached to an aromatic ring is 1. The van der Waals surface area contributed by atoms with Crippen molar-refractivity contribution in [3.8, 4) is 0 Å². The van der Waals surface area contributed by atoms with Crippen molar-refractivity contribution in [2.45, 2.75) is 58.5 Å². The molecule has 0 unspecified atom stereocenters. The highest BCUT2D eigenvalue weighted by atomic mass is 15.3. The van der Waals surface area contributed by atoms with Crippen molar-refractivity contribution in [1.82, 2.24) is 9.78 Å². The molecule has 0 bridgehead atoms. The first-order valence-electron chi connectivity index (χ1n) is 6.17. The molecule has 0 aliphatic heterocycles. The zero-order valence-corrected chi connectivity index (χ0v) is 10.5. The van der Waals surface area contributed by atoms with Gasteiger partial charge in [-0.05, 0) is 39.5 Å².